The number of nitrogens with zero attached hydrogens (tertiary/aromatic N) is 1. The molecular weight excluding hydrogens is 419 g/mol. The fourth-order valence-corrected chi connectivity index (χ4v) is 1.93. The number of benzene rings is 1. The number of guanidine groups is 1. The molecule has 24 heavy (non-hydrogen) atoms. The van der Waals surface area contributed by atoms with Crippen molar-refractivity contribution < 1.29 is 9.53 Å². The Labute approximate surface area is 161 Å². The van der Waals surface area contributed by atoms with E-state index in [2.05, 4.69) is 20.9 Å². The molecule has 0 aliphatic rings. The quantitative estimate of drug-likeness (QED) is 0.340. The van der Waals surface area contributed by atoms with Gasteiger partial charge in [0.1, 0.15) is 5.75 Å². The molecule has 1 aromatic rings. The lowest BCUT2D eigenvalue weighted by Crippen LogP contribution is -2.47. The Kier molecular flexibility index (Phi) is 10.4. The first kappa shape index (κ1) is 22.5. The van der Waals surface area contributed by atoms with Crippen LogP contribution in [0.5, 0.6) is 5.75 Å². The molecule has 0 aliphatic carbocycles. The molecule has 0 unspecified atom stereocenters. The molecule has 1 amide bonds. The van der Waals surface area contributed by atoms with Gasteiger partial charge in [-0.1, -0.05) is 12.1 Å². The second kappa shape index (κ2) is 11.1. The molecule has 0 aliphatic heterocycles. The van der Waals surface area contributed by atoms with E-state index in [-0.39, 0.29) is 29.9 Å². The number of aliphatic imine (C=N–C) groups is 1. The minimum atomic E-state index is -0.506. The number of rotatable bonds is 7. The number of hydrogen-bond donors (Lipinski definition) is 3. The van der Waals surface area contributed by atoms with Crippen molar-refractivity contribution in [3.8, 4) is 5.75 Å². The summed E-state index contributed by atoms with van der Waals surface area (Å²) in [6.45, 7) is 7.50. The molecule has 0 saturated heterocycles. The van der Waals surface area contributed by atoms with E-state index in [4.69, 9.17) is 4.74 Å². The number of carbonyl (C=O) groups is 1. The average Bonchev–Trinajstić information content (AvgIpc) is 2.55. The van der Waals surface area contributed by atoms with Crippen LogP contribution in [0.3, 0.4) is 0 Å². The molecule has 0 radical (unpaired) electrons. The fourth-order valence-electron chi connectivity index (χ4n) is 1.93. The Morgan fingerprint density at radius 3 is 2.29 bits per heavy atom. The number of halogens is 1. The van der Waals surface area contributed by atoms with Crippen molar-refractivity contribution in [1.82, 2.24) is 16.0 Å². The first-order valence-electron chi connectivity index (χ1n) is 7.78. The fraction of sp³-hybridized carbons (Fsp3) is 0.529. The summed E-state index contributed by atoms with van der Waals surface area (Å²) in [7, 11) is 3.36. The third-order valence-corrected chi connectivity index (χ3v) is 3.49. The number of nitrogens with one attached hydrogen (secondary N) is 3. The molecular formula is C17H29IN4O2. The van der Waals surface area contributed by atoms with Crippen LogP contribution in [0.1, 0.15) is 26.3 Å². The van der Waals surface area contributed by atoms with E-state index in [1.165, 1.54) is 0 Å². The van der Waals surface area contributed by atoms with Crippen LogP contribution in [0.25, 0.3) is 0 Å². The number of carbonyl (C=O) groups excluding carboxylic acids is 1. The number of hydrogen-bond acceptors (Lipinski definition) is 3. The van der Waals surface area contributed by atoms with Crippen molar-refractivity contribution in [3.63, 3.8) is 0 Å². The Bertz CT molecular complexity index is 530. The molecule has 7 heteroatoms. The number of methoxy groups -OCH3 is 1. The maximum Gasteiger partial charge on any atom is 0.227 e. The van der Waals surface area contributed by atoms with Crippen LogP contribution < -0.4 is 20.7 Å². The molecule has 1 aromatic carbocycles. The monoisotopic (exact) mass is 448 g/mol. The molecule has 0 atom stereocenters. The molecule has 1 rings (SSSR count). The highest BCUT2D eigenvalue weighted by molar-refractivity contribution is 14.0. The Balaban J connectivity index is 0.00000529. The van der Waals surface area contributed by atoms with Gasteiger partial charge in [-0.2, -0.15) is 0 Å². The summed E-state index contributed by atoms with van der Waals surface area (Å²) in [4.78, 5) is 16.2. The third-order valence-electron chi connectivity index (χ3n) is 3.49. The lowest BCUT2D eigenvalue weighted by molar-refractivity contribution is -0.128. The Morgan fingerprint density at radius 1 is 1.17 bits per heavy atom. The Hall–Kier alpha value is -1.51. The van der Waals surface area contributed by atoms with Crippen molar-refractivity contribution in [3.05, 3.63) is 29.8 Å². The second-order valence-corrected chi connectivity index (χ2v) is 5.87. The van der Waals surface area contributed by atoms with Crippen molar-refractivity contribution in [2.24, 2.45) is 10.4 Å². The van der Waals surface area contributed by atoms with Gasteiger partial charge in [-0.25, -0.2) is 0 Å². The summed E-state index contributed by atoms with van der Waals surface area (Å²) in [6.07, 6.45) is 0. The van der Waals surface area contributed by atoms with Gasteiger partial charge >= 0.3 is 0 Å². The van der Waals surface area contributed by atoms with Crippen LogP contribution in [-0.2, 0) is 11.3 Å². The van der Waals surface area contributed by atoms with Gasteiger partial charge in [-0.05, 0) is 38.5 Å². The molecule has 0 spiro atoms. The van der Waals surface area contributed by atoms with Gasteiger partial charge in [0.25, 0.3) is 0 Å². The van der Waals surface area contributed by atoms with Gasteiger partial charge in [-0.3, -0.25) is 9.79 Å². The minimum absolute atomic E-state index is 0. The smallest absolute Gasteiger partial charge is 0.227 e. The standard InChI is InChI=1S/C17H28N4O2.HI/c1-6-19-15(22)17(2,3)12-21-16(18-4)20-11-13-7-9-14(23-5)10-8-13;/h7-10H,6,11-12H2,1-5H3,(H,19,22)(H2,18,20,21);1H. The zero-order chi connectivity index (χ0) is 17.3. The summed E-state index contributed by atoms with van der Waals surface area (Å²) in [5.74, 6) is 1.52. The molecule has 0 fully saturated rings. The zero-order valence-corrected chi connectivity index (χ0v) is 17.4. The van der Waals surface area contributed by atoms with Gasteiger partial charge < -0.3 is 20.7 Å². The molecule has 0 saturated carbocycles. The zero-order valence-electron chi connectivity index (χ0n) is 15.1. The topological polar surface area (TPSA) is 74.8 Å². The van der Waals surface area contributed by atoms with Crippen LogP contribution in [0.2, 0.25) is 0 Å². The van der Waals surface area contributed by atoms with Gasteiger partial charge in [0.15, 0.2) is 5.96 Å². The van der Waals surface area contributed by atoms with Crippen molar-refractivity contribution in [1.29, 1.82) is 0 Å². The van der Waals surface area contributed by atoms with Crippen LogP contribution in [0, 0.1) is 5.41 Å². The lowest BCUT2D eigenvalue weighted by Gasteiger charge is -2.24. The molecule has 3 N–H and O–H groups in total. The van der Waals surface area contributed by atoms with E-state index in [0.29, 0.717) is 25.6 Å². The lowest BCUT2D eigenvalue weighted by atomic mass is 9.92. The van der Waals surface area contributed by atoms with Crippen LogP contribution in [0.4, 0.5) is 0 Å². The minimum Gasteiger partial charge on any atom is -0.497 e. The summed E-state index contributed by atoms with van der Waals surface area (Å²) < 4.78 is 5.14. The van der Waals surface area contributed by atoms with Crippen molar-refractivity contribution in [2.45, 2.75) is 27.3 Å². The maximum absolute atomic E-state index is 12.0. The average molecular weight is 448 g/mol. The van der Waals surface area contributed by atoms with Gasteiger partial charge in [0, 0.05) is 26.7 Å². The van der Waals surface area contributed by atoms with E-state index >= 15 is 0 Å². The summed E-state index contributed by atoms with van der Waals surface area (Å²) >= 11 is 0. The van der Waals surface area contributed by atoms with Crippen LogP contribution >= 0.6 is 24.0 Å². The third kappa shape index (κ3) is 7.37. The largest absolute Gasteiger partial charge is 0.497 e. The summed E-state index contributed by atoms with van der Waals surface area (Å²) in [6, 6.07) is 7.84. The SMILES string of the molecule is CCNC(=O)C(C)(C)CNC(=NC)NCc1ccc(OC)cc1.I. The molecule has 0 bridgehead atoms. The second-order valence-electron chi connectivity index (χ2n) is 5.87. The van der Waals surface area contributed by atoms with Gasteiger partial charge in [0.2, 0.25) is 5.91 Å². The first-order chi connectivity index (χ1) is 10.9. The highest BCUT2D eigenvalue weighted by atomic mass is 127. The molecule has 0 aromatic heterocycles. The molecule has 136 valence electrons. The van der Waals surface area contributed by atoms with E-state index in [1.807, 2.05) is 45.0 Å². The van der Waals surface area contributed by atoms with Gasteiger partial charge in [0.05, 0.1) is 12.5 Å². The highest BCUT2D eigenvalue weighted by Crippen LogP contribution is 2.13. The Morgan fingerprint density at radius 2 is 1.79 bits per heavy atom. The van der Waals surface area contributed by atoms with Gasteiger partial charge in [-0.15, -0.1) is 24.0 Å². The van der Waals surface area contributed by atoms with E-state index in [0.717, 1.165) is 11.3 Å². The molecule has 6 nitrogen and oxygen atoms in total. The summed E-state index contributed by atoms with van der Waals surface area (Å²) in [5, 5.41) is 9.27. The van der Waals surface area contributed by atoms with E-state index < -0.39 is 5.41 Å². The van der Waals surface area contributed by atoms with E-state index in [1.54, 1.807) is 14.2 Å². The normalized spacial score (nSPS) is 11.3. The summed E-state index contributed by atoms with van der Waals surface area (Å²) in [5.41, 5.74) is 0.616. The van der Waals surface area contributed by atoms with Crippen molar-refractivity contribution >= 4 is 35.8 Å². The van der Waals surface area contributed by atoms with E-state index in [9.17, 15) is 4.79 Å². The molecule has 0 heterocycles. The first-order valence-corrected chi connectivity index (χ1v) is 7.78. The maximum atomic E-state index is 12.0. The number of amides is 1. The van der Waals surface area contributed by atoms with Crippen molar-refractivity contribution in [2.75, 3.05) is 27.2 Å². The predicted octanol–water partition coefficient (Wildman–Crippen LogP) is 2.14. The highest BCUT2D eigenvalue weighted by Gasteiger charge is 2.27. The van der Waals surface area contributed by atoms with Crippen LogP contribution in [-0.4, -0.2) is 39.1 Å². The van der Waals surface area contributed by atoms with Crippen LogP contribution in [0.15, 0.2) is 29.3 Å². The predicted molar refractivity (Wildman–Crippen MR) is 109 cm³/mol. The number of ether oxygens (including phenoxy) is 1.